The largest absolute Gasteiger partial charge is 0.333 e. The first kappa shape index (κ1) is 20.5. The minimum atomic E-state index is -0.636. The van der Waals surface area contributed by atoms with Crippen molar-refractivity contribution in [2.75, 3.05) is 6.54 Å². The van der Waals surface area contributed by atoms with Crippen LogP contribution in [0.3, 0.4) is 0 Å². The Labute approximate surface area is 157 Å². The van der Waals surface area contributed by atoms with Crippen molar-refractivity contribution in [3.63, 3.8) is 0 Å². The minimum Gasteiger partial charge on any atom is -0.330 e. The summed E-state index contributed by atoms with van der Waals surface area (Å²) in [5.74, 6) is -2.31. The zero-order valence-electron chi connectivity index (χ0n) is 15.2. The molecule has 0 spiro atoms. The van der Waals surface area contributed by atoms with Gasteiger partial charge in [0.05, 0.1) is 0 Å². The van der Waals surface area contributed by atoms with Crippen LogP contribution in [0.5, 0.6) is 0 Å². The summed E-state index contributed by atoms with van der Waals surface area (Å²) < 4.78 is 0. The fourth-order valence-electron chi connectivity index (χ4n) is 2.88. The number of carbonyl (C=O) groups is 5. The maximum atomic E-state index is 11.6. The number of hydroxylamine groups is 2. The summed E-state index contributed by atoms with van der Waals surface area (Å²) in [4.78, 5) is 62.9. The lowest BCUT2D eigenvalue weighted by Gasteiger charge is -2.13. The molecule has 0 bridgehead atoms. The second-order valence-electron chi connectivity index (χ2n) is 6.51. The number of hydrogen-bond donors (Lipinski definition) is 0. The summed E-state index contributed by atoms with van der Waals surface area (Å²) in [6.07, 6.45) is 12.3. The zero-order chi connectivity index (χ0) is 19.6. The summed E-state index contributed by atoms with van der Waals surface area (Å²) >= 11 is 0. The van der Waals surface area contributed by atoms with E-state index in [9.17, 15) is 24.0 Å². The third-order valence-corrected chi connectivity index (χ3v) is 4.38. The molecule has 0 aromatic rings. The lowest BCUT2D eigenvalue weighted by molar-refractivity contribution is -0.196. The van der Waals surface area contributed by atoms with E-state index in [1.54, 1.807) is 0 Å². The normalized spacial score (nSPS) is 16.1. The van der Waals surface area contributed by atoms with Gasteiger partial charge in [0, 0.05) is 37.3 Å². The molecule has 146 valence electrons. The average Bonchev–Trinajstić information content (AvgIpc) is 3.13. The molecule has 0 unspecified atom stereocenters. The molecule has 2 heterocycles. The van der Waals surface area contributed by atoms with E-state index in [0.717, 1.165) is 57.1 Å². The lowest BCUT2D eigenvalue weighted by Crippen LogP contribution is -2.32. The average molecular weight is 376 g/mol. The van der Waals surface area contributed by atoms with Crippen molar-refractivity contribution in [1.29, 1.82) is 0 Å². The second-order valence-corrected chi connectivity index (χ2v) is 6.51. The van der Waals surface area contributed by atoms with Crippen LogP contribution >= 0.6 is 0 Å². The minimum absolute atomic E-state index is 0.170. The van der Waals surface area contributed by atoms with Crippen LogP contribution in [0.1, 0.15) is 57.8 Å². The monoisotopic (exact) mass is 376 g/mol. The Balaban J connectivity index is 1.40. The molecule has 0 saturated heterocycles. The van der Waals surface area contributed by atoms with Gasteiger partial charge in [-0.05, 0) is 12.8 Å². The van der Waals surface area contributed by atoms with Gasteiger partial charge in [-0.1, -0.05) is 43.6 Å². The van der Waals surface area contributed by atoms with Crippen LogP contribution in [0.25, 0.3) is 0 Å². The SMILES string of the molecule is O=C(CCCCCCCCCCN1C(=O)C=CC1=O)ON1C(=O)C=CC1=O. The zero-order valence-corrected chi connectivity index (χ0v) is 15.2. The highest BCUT2D eigenvalue weighted by Crippen LogP contribution is 2.12. The van der Waals surface area contributed by atoms with Gasteiger partial charge in [-0.15, -0.1) is 0 Å². The van der Waals surface area contributed by atoms with Crippen molar-refractivity contribution in [3.8, 4) is 0 Å². The van der Waals surface area contributed by atoms with Crippen LogP contribution < -0.4 is 0 Å². The molecule has 8 nitrogen and oxygen atoms in total. The van der Waals surface area contributed by atoms with Gasteiger partial charge in [0.15, 0.2) is 0 Å². The first-order valence-corrected chi connectivity index (χ1v) is 9.29. The summed E-state index contributed by atoms with van der Waals surface area (Å²) in [6, 6.07) is 0. The first-order valence-electron chi connectivity index (χ1n) is 9.29. The molecule has 0 aromatic carbocycles. The Kier molecular flexibility index (Phi) is 7.91. The number of rotatable bonds is 12. The number of hydrogen-bond acceptors (Lipinski definition) is 6. The molecular weight excluding hydrogens is 352 g/mol. The first-order chi connectivity index (χ1) is 13.0. The smallest absolute Gasteiger partial charge is 0.330 e. The van der Waals surface area contributed by atoms with E-state index in [-0.39, 0.29) is 18.2 Å². The molecule has 0 saturated carbocycles. The molecule has 4 amide bonds. The molecule has 0 fully saturated rings. The Morgan fingerprint density at radius 1 is 0.667 bits per heavy atom. The highest BCUT2D eigenvalue weighted by molar-refractivity contribution is 6.13. The quantitative estimate of drug-likeness (QED) is 0.380. The van der Waals surface area contributed by atoms with Crippen LogP contribution in [-0.4, -0.2) is 46.1 Å². The van der Waals surface area contributed by atoms with Gasteiger partial charge in [0.1, 0.15) is 0 Å². The van der Waals surface area contributed by atoms with Gasteiger partial charge in [0.25, 0.3) is 23.6 Å². The van der Waals surface area contributed by atoms with Crippen molar-refractivity contribution in [2.45, 2.75) is 57.8 Å². The van der Waals surface area contributed by atoms with Gasteiger partial charge in [-0.2, -0.15) is 0 Å². The molecule has 2 aliphatic heterocycles. The third-order valence-electron chi connectivity index (χ3n) is 4.38. The fourth-order valence-corrected chi connectivity index (χ4v) is 2.88. The molecule has 0 radical (unpaired) electrons. The van der Waals surface area contributed by atoms with Crippen molar-refractivity contribution in [2.24, 2.45) is 0 Å². The predicted octanol–water partition coefficient (Wildman–Crippen LogP) is 1.81. The molecule has 0 aromatic heterocycles. The number of unbranched alkanes of at least 4 members (excludes halogenated alkanes) is 7. The molecule has 0 N–H and O–H groups in total. The molecule has 0 aliphatic carbocycles. The summed E-state index contributed by atoms with van der Waals surface area (Å²) in [7, 11) is 0. The van der Waals surface area contributed by atoms with E-state index in [4.69, 9.17) is 4.84 Å². The van der Waals surface area contributed by atoms with Crippen LogP contribution in [0.2, 0.25) is 0 Å². The molecule has 8 heteroatoms. The standard InChI is InChI=1S/C19H24N2O6/c22-15-10-11-16(23)20(15)14-8-6-4-2-1-3-5-7-9-19(26)27-21-17(24)12-13-18(21)25/h10-13H,1-9,14H2. The highest BCUT2D eigenvalue weighted by Gasteiger charge is 2.27. The van der Waals surface area contributed by atoms with Crippen molar-refractivity contribution in [3.05, 3.63) is 24.3 Å². The van der Waals surface area contributed by atoms with E-state index in [0.29, 0.717) is 18.0 Å². The Morgan fingerprint density at radius 3 is 1.67 bits per heavy atom. The van der Waals surface area contributed by atoms with E-state index >= 15 is 0 Å². The van der Waals surface area contributed by atoms with Crippen molar-refractivity contribution >= 4 is 29.6 Å². The summed E-state index contributed by atoms with van der Waals surface area (Å²) in [5.41, 5.74) is 0. The summed E-state index contributed by atoms with van der Waals surface area (Å²) in [5, 5.41) is 0.474. The lowest BCUT2D eigenvalue weighted by atomic mass is 10.1. The second kappa shape index (κ2) is 10.4. The fraction of sp³-hybridized carbons (Fsp3) is 0.526. The topological polar surface area (TPSA) is 101 Å². The Hall–Kier alpha value is -2.77. The Morgan fingerprint density at radius 2 is 1.11 bits per heavy atom. The molecular formula is C19H24N2O6. The third kappa shape index (κ3) is 6.47. The predicted molar refractivity (Wildman–Crippen MR) is 94.5 cm³/mol. The molecule has 2 aliphatic rings. The number of imide groups is 2. The molecule has 2 rings (SSSR count). The number of amides is 4. The van der Waals surface area contributed by atoms with Gasteiger partial charge in [-0.25, -0.2) is 4.79 Å². The van der Waals surface area contributed by atoms with Crippen LogP contribution in [0.15, 0.2) is 24.3 Å². The van der Waals surface area contributed by atoms with Gasteiger partial charge < -0.3 is 4.84 Å². The van der Waals surface area contributed by atoms with Gasteiger partial charge in [-0.3, -0.25) is 24.1 Å². The van der Waals surface area contributed by atoms with Gasteiger partial charge in [0.2, 0.25) is 0 Å². The van der Waals surface area contributed by atoms with Crippen LogP contribution in [0, 0.1) is 0 Å². The number of nitrogens with zero attached hydrogens (tertiary/aromatic N) is 2. The van der Waals surface area contributed by atoms with Crippen molar-refractivity contribution in [1.82, 2.24) is 9.96 Å². The molecule has 0 atom stereocenters. The Bertz CT molecular complexity index is 631. The highest BCUT2D eigenvalue weighted by atomic mass is 16.7. The van der Waals surface area contributed by atoms with Crippen LogP contribution in [-0.2, 0) is 28.8 Å². The van der Waals surface area contributed by atoms with Gasteiger partial charge >= 0.3 is 5.97 Å². The molecule has 27 heavy (non-hydrogen) atoms. The van der Waals surface area contributed by atoms with Crippen molar-refractivity contribution < 1.29 is 28.8 Å². The van der Waals surface area contributed by atoms with E-state index in [2.05, 4.69) is 0 Å². The van der Waals surface area contributed by atoms with E-state index < -0.39 is 17.8 Å². The van der Waals surface area contributed by atoms with E-state index in [1.165, 1.54) is 17.1 Å². The summed E-state index contributed by atoms with van der Waals surface area (Å²) in [6.45, 7) is 0.477. The van der Waals surface area contributed by atoms with E-state index in [1.807, 2.05) is 0 Å². The maximum absolute atomic E-state index is 11.6. The maximum Gasteiger partial charge on any atom is 0.333 e. The van der Waals surface area contributed by atoms with Crippen LogP contribution in [0.4, 0.5) is 0 Å². The number of carbonyl (C=O) groups excluding carboxylic acids is 5.